The van der Waals surface area contributed by atoms with E-state index in [1.54, 1.807) is 6.92 Å². The van der Waals surface area contributed by atoms with Gasteiger partial charge in [-0.15, -0.1) is 0 Å². The lowest BCUT2D eigenvalue weighted by Crippen LogP contribution is -2.47. The maximum absolute atomic E-state index is 12.2. The molecule has 0 aromatic heterocycles. The van der Waals surface area contributed by atoms with Gasteiger partial charge in [-0.3, -0.25) is 4.79 Å². The summed E-state index contributed by atoms with van der Waals surface area (Å²) in [5.74, 6) is -1.05. The van der Waals surface area contributed by atoms with Crippen LogP contribution in [0, 0.1) is 0 Å². The van der Waals surface area contributed by atoms with Crippen LogP contribution in [0.3, 0.4) is 0 Å². The van der Waals surface area contributed by atoms with Crippen LogP contribution < -0.4 is 5.32 Å². The van der Waals surface area contributed by atoms with Crippen molar-refractivity contribution >= 4 is 5.91 Å². The second kappa shape index (κ2) is 6.00. The van der Waals surface area contributed by atoms with E-state index in [0.29, 0.717) is 13.1 Å². The number of hydrogen-bond donors (Lipinski definition) is 1. The van der Waals surface area contributed by atoms with Gasteiger partial charge in [0, 0.05) is 19.1 Å². The molecule has 0 saturated carbocycles. The Balaban J connectivity index is 2.41. The number of nitrogens with one attached hydrogen (secondary N) is 1. The number of carbonyl (C=O) groups is 1. The van der Waals surface area contributed by atoms with Crippen LogP contribution in [0.1, 0.15) is 26.2 Å². The molecule has 0 aliphatic carbocycles. The average molecular weight is 220 g/mol. The number of nitrogens with zero attached hydrogens (tertiary/aromatic N) is 1. The zero-order chi connectivity index (χ0) is 11.3. The standard InChI is InChI=1S/C10H18F2N2O/c1-2-14(10(15)9(11)12)7-8-5-3-4-6-13-8/h8-9,13H,2-7H2,1H3. The first-order valence-corrected chi connectivity index (χ1v) is 5.45. The maximum atomic E-state index is 12.2. The molecule has 15 heavy (non-hydrogen) atoms. The fraction of sp³-hybridized carbons (Fsp3) is 0.900. The van der Waals surface area contributed by atoms with E-state index in [2.05, 4.69) is 5.32 Å². The minimum absolute atomic E-state index is 0.182. The molecular formula is C10H18F2N2O. The summed E-state index contributed by atoms with van der Waals surface area (Å²) in [6.45, 7) is 3.40. The van der Waals surface area contributed by atoms with Crippen LogP contribution in [0.2, 0.25) is 0 Å². The highest BCUT2D eigenvalue weighted by Crippen LogP contribution is 2.10. The molecule has 5 heteroatoms. The van der Waals surface area contributed by atoms with Gasteiger partial charge in [0.05, 0.1) is 0 Å². The van der Waals surface area contributed by atoms with Crippen molar-refractivity contribution in [2.45, 2.75) is 38.7 Å². The highest BCUT2D eigenvalue weighted by atomic mass is 19.3. The molecule has 0 aromatic rings. The number of hydrogen-bond acceptors (Lipinski definition) is 2. The van der Waals surface area contributed by atoms with Gasteiger partial charge in [0.2, 0.25) is 0 Å². The molecule has 1 aliphatic heterocycles. The second-order valence-electron chi connectivity index (χ2n) is 3.82. The smallest absolute Gasteiger partial charge is 0.315 e. The van der Waals surface area contributed by atoms with Crippen molar-refractivity contribution in [3.05, 3.63) is 0 Å². The fourth-order valence-corrected chi connectivity index (χ4v) is 1.86. The fourth-order valence-electron chi connectivity index (χ4n) is 1.86. The lowest BCUT2D eigenvalue weighted by Gasteiger charge is -2.29. The van der Waals surface area contributed by atoms with Crippen LogP contribution in [0.5, 0.6) is 0 Å². The second-order valence-corrected chi connectivity index (χ2v) is 3.82. The van der Waals surface area contributed by atoms with E-state index in [4.69, 9.17) is 0 Å². The highest BCUT2D eigenvalue weighted by Gasteiger charge is 2.25. The molecule has 1 unspecified atom stereocenters. The highest BCUT2D eigenvalue weighted by molar-refractivity contribution is 5.79. The quantitative estimate of drug-likeness (QED) is 0.773. The molecule has 1 aliphatic rings. The molecule has 1 N–H and O–H groups in total. The summed E-state index contributed by atoms with van der Waals surface area (Å²) < 4.78 is 24.4. The Morgan fingerprint density at radius 3 is 2.73 bits per heavy atom. The molecule has 1 amide bonds. The molecule has 3 nitrogen and oxygen atoms in total. The lowest BCUT2D eigenvalue weighted by atomic mass is 10.0. The summed E-state index contributed by atoms with van der Waals surface area (Å²) in [4.78, 5) is 12.3. The number of amides is 1. The molecular weight excluding hydrogens is 202 g/mol. The van der Waals surface area contributed by atoms with Crippen molar-refractivity contribution in [2.24, 2.45) is 0 Å². The minimum Gasteiger partial charge on any atom is -0.336 e. The Bertz CT molecular complexity index is 206. The third-order valence-electron chi connectivity index (χ3n) is 2.73. The summed E-state index contributed by atoms with van der Waals surface area (Å²) in [6, 6.07) is 0.182. The third-order valence-corrected chi connectivity index (χ3v) is 2.73. The zero-order valence-electron chi connectivity index (χ0n) is 9.01. The number of likely N-dealkylation sites (N-methyl/N-ethyl adjacent to an activating group) is 1. The predicted molar refractivity (Wildman–Crippen MR) is 53.9 cm³/mol. The monoisotopic (exact) mass is 220 g/mol. The molecule has 1 rings (SSSR count). The van der Waals surface area contributed by atoms with Crippen LogP contribution in [-0.4, -0.2) is 42.9 Å². The largest absolute Gasteiger partial charge is 0.336 e. The zero-order valence-corrected chi connectivity index (χ0v) is 9.01. The Kier molecular flexibility index (Phi) is 4.94. The van der Waals surface area contributed by atoms with Crippen LogP contribution in [0.25, 0.3) is 0 Å². The molecule has 1 atom stereocenters. The topological polar surface area (TPSA) is 32.3 Å². The van der Waals surface area contributed by atoms with Gasteiger partial charge in [0.1, 0.15) is 0 Å². The van der Waals surface area contributed by atoms with Crippen molar-refractivity contribution in [3.63, 3.8) is 0 Å². The summed E-state index contributed by atoms with van der Waals surface area (Å²) in [6.07, 6.45) is 0.324. The van der Waals surface area contributed by atoms with Crippen molar-refractivity contribution in [1.82, 2.24) is 10.2 Å². The molecule has 0 bridgehead atoms. The van der Waals surface area contributed by atoms with Crippen molar-refractivity contribution < 1.29 is 13.6 Å². The Labute approximate surface area is 88.8 Å². The van der Waals surface area contributed by atoms with E-state index in [9.17, 15) is 13.6 Å². The first-order valence-electron chi connectivity index (χ1n) is 5.45. The van der Waals surface area contributed by atoms with E-state index in [1.807, 2.05) is 0 Å². The van der Waals surface area contributed by atoms with Crippen LogP contribution in [0.15, 0.2) is 0 Å². The summed E-state index contributed by atoms with van der Waals surface area (Å²) in [7, 11) is 0. The summed E-state index contributed by atoms with van der Waals surface area (Å²) >= 11 is 0. The average Bonchev–Trinajstić information content (AvgIpc) is 2.26. The van der Waals surface area contributed by atoms with Gasteiger partial charge >= 0.3 is 6.43 Å². The first kappa shape index (κ1) is 12.4. The van der Waals surface area contributed by atoms with E-state index >= 15 is 0 Å². The normalized spacial score (nSPS) is 21.7. The van der Waals surface area contributed by atoms with Crippen molar-refractivity contribution in [3.8, 4) is 0 Å². The molecule has 1 heterocycles. The lowest BCUT2D eigenvalue weighted by molar-refractivity contribution is -0.143. The number of piperidine rings is 1. The molecule has 1 fully saturated rings. The Morgan fingerprint density at radius 1 is 1.53 bits per heavy atom. The van der Waals surface area contributed by atoms with Gasteiger partial charge in [-0.2, -0.15) is 8.78 Å². The third kappa shape index (κ3) is 3.74. The van der Waals surface area contributed by atoms with Crippen LogP contribution in [-0.2, 0) is 4.79 Å². The molecule has 0 radical (unpaired) electrons. The van der Waals surface area contributed by atoms with Crippen LogP contribution in [0.4, 0.5) is 8.78 Å². The van der Waals surface area contributed by atoms with E-state index in [-0.39, 0.29) is 6.04 Å². The summed E-state index contributed by atoms with van der Waals surface area (Å²) in [5.41, 5.74) is 0. The van der Waals surface area contributed by atoms with E-state index in [0.717, 1.165) is 25.8 Å². The summed E-state index contributed by atoms with van der Waals surface area (Å²) in [5, 5.41) is 3.24. The molecule has 0 spiro atoms. The van der Waals surface area contributed by atoms with Gasteiger partial charge in [0.25, 0.3) is 5.91 Å². The SMILES string of the molecule is CCN(CC1CCCCN1)C(=O)C(F)F. The Hall–Kier alpha value is -0.710. The first-order chi connectivity index (χ1) is 7.15. The number of carbonyl (C=O) groups excluding carboxylic acids is 1. The van der Waals surface area contributed by atoms with Gasteiger partial charge in [-0.1, -0.05) is 6.42 Å². The number of alkyl halides is 2. The van der Waals surface area contributed by atoms with Crippen molar-refractivity contribution in [2.75, 3.05) is 19.6 Å². The van der Waals surface area contributed by atoms with Crippen molar-refractivity contribution in [1.29, 1.82) is 0 Å². The van der Waals surface area contributed by atoms with Gasteiger partial charge in [-0.25, -0.2) is 0 Å². The minimum atomic E-state index is -2.88. The van der Waals surface area contributed by atoms with Gasteiger partial charge in [0.15, 0.2) is 0 Å². The molecule has 0 aromatic carbocycles. The number of rotatable bonds is 4. The van der Waals surface area contributed by atoms with Gasteiger partial charge in [-0.05, 0) is 26.3 Å². The Morgan fingerprint density at radius 2 is 2.27 bits per heavy atom. The molecule has 88 valence electrons. The van der Waals surface area contributed by atoms with E-state index < -0.39 is 12.3 Å². The maximum Gasteiger partial charge on any atom is 0.315 e. The molecule has 1 saturated heterocycles. The van der Waals surface area contributed by atoms with Gasteiger partial charge < -0.3 is 10.2 Å². The van der Waals surface area contributed by atoms with Crippen LogP contribution >= 0.6 is 0 Å². The van der Waals surface area contributed by atoms with E-state index in [1.165, 1.54) is 4.90 Å². The predicted octanol–water partition coefficient (Wildman–Crippen LogP) is 1.24. The number of halogens is 2.